The summed E-state index contributed by atoms with van der Waals surface area (Å²) in [4.78, 5) is 4.08. The number of aryl methyl sites for hydroxylation is 1. The Labute approximate surface area is 139 Å². The normalized spacial score (nSPS) is 11.6. The monoisotopic (exact) mass is 346 g/mol. The zero-order valence-electron chi connectivity index (χ0n) is 12.8. The largest absolute Gasteiger partial charge is 0.261 e. The molecule has 0 atom stereocenters. The van der Waals surface area contributed by atoms with E-state index in [-0.39, 0.29) is 17.1 Å². The van der Waals surface area contributed by atoms with Crippen molar-refractivity contribution in [3.63, 3.8) is 0 Å². The number of halogens is 1. The van der Waals surface area contributed by atoms with Crippen LogP contribution in [-0.4, -0.2) is 23.2 Å². The Morgan fingerprint density at radius 2 is 1.96 bits per heavy atom. The first-order chi connectivity index (χ1) is 11.5. The van der Waals surface area contributed by atoms with E-state index < -0.39 is 15.8 Å². The molecule has 0 spiro atoms. The van der Waals surface area contributed by atoms with Gasteiger partial charge in [0.15, 0.2) is 0 Å². The molecule has 0 aliphatic carbocycles. The molecule has 0 aliphatic heterocycles. The molecule has 0 bridgehead atoms. The molecule has 2 heterocycles. The van der Waals surface area contributed by atoms with E-state index in [1.165, 1.54) is 29.2 Å². The predicted molar refractivity (Wildman–Crippen MR) is 86.5 cm³/mol. The van der Waals surface area contributed by atoms with Gasteiger partial charge in [-0.05, 0) is 30.7 Å². The molecule has 8 heteroatoms. The van der Waals surface area contributed by atoms with Crippen LogP contribution in [0.5, 0.6) is 0 Å². The molecule has 2 aromatic heterocycles. The minimum atomic E-state index is -3.75. The van der Waals surface area contributed by atoms with Crippen molar-refractivity contribution in [2.45, 2.75) is 18.4 Å². The van der Waals surface area contributed by atoms with Crippen molar-refractivity contribution in [2.24, 2.45) is 0 Å². The number of hydrogen-bond donors (Lipinski definition) is 1. The van der Waals surface area contributed by atoms with E-state index in [1.807, 2.05) is 6.92 Å². The molecule has 6 nitrogen and oxygen atoms in total. The molecule has 0 fully saturated rings. The maximum atomic E-state index is 13.8. The fraction of sp³-hybridized carbons (Fsp3) is 0.125. The van der Waals surface area contributed by atoms with Gasteiger partial charge in [0.05, 0.1) is 12.4 Å². The number of aromatic nitrogens is 3. The van der Waals surface area contributed by atoms with E-state index in [0.29, 0.717) is 0 Å². The van der Waals surface area contributed by atoms with Crippen molar-refractivity contribution >= 4 is 10.0 Å². The van der Waals surface area contributed by atoms with Gasteiger partial charge in [-0.3, -0.25) is 4.98 Å². The lowest BCUT2D eigenvalue weighted by atomic mass is 10.2. The molecule has 0 unspecified atom stereocenters. The van der Waals surface area contributed by atoms with E-state index >= 15 is 0 Å². The van der Waals surface area contributed by atoms with Crippen molar-refractivity contribution < 1.29 is 12.8 Å². The SMILES string of the molecule is Cc1ccc(CNS(=O)(=O)c2cnn(-c3ccccc3F)c2)cn1. The highest BCUT2D eigenvalue weighted by atomic mass is 32.2. The lowest BCUT2D eigenvalue weighted by molar-refractivity contribution is 0.581. The van der Waals surface area contributed by atoms with Crippen molar-refractivity contribution in [3.8, 4) is 5.69 Å². The van der Waals surface area contributed by atoms with Crippen LogP contribution in [0.2, 0.25) is 0 Å². The Kier molecular flexibility index (Phi) is 4.41. The van der Waals surface area contributed by atoms with Crippen LogP contribution in [0, 0.1) is 12.7 Å². The molecule has 0 radical (unpaired) electrons. The first-order valence-corrected chi connectivity index (χ1v) is 8.65. The van der Waals surface area contributed by atoms with Crippen LogP contribution in [0.3, 0.4) is 0 Å². The lowest BCUT2D eigenvalue weighted by Gasteiger charge is -2.05. The first kappa shape index (κ1) is 16.3. The predicted octanol–water partition coefficient (Wildman–Crippen LogP) is 2.19. The smallest absolute Gasteiger partial charge is 0.244 e. The summed E-state index contributed by atoms with van der Waals surface area (Å²) in [5, 5.41) is 3.93. The highest BCUT2D eigenvalue weighted by Gasteiger charge is 2.17. The Bertz CT molecular complexity index is 952. The standard InChI is InChI=1S/C16H15FN4O2S/c1-12-6-7-13(8-18-12)9-20-24(22,23)14-10-19-21(11-14)16-5-3-2-4-15(16)17/h2-8,10-11,20H,9H2,1H3. The van der Waals surface area contributed by atoms with E-state index in [1.54, 1.807) is 30.5 Å². The molecule has 0 saturated heterocycles. The van der Waals surface area contributed by atoms with Gasteiger partial charge in [-0.2, -0.15) is 5.10 Å². The van der Waals surface area contributed by atoms with Crippen LogP contribution in [0.1, 0.15) is 11.3 Å². The second-order valence-electron chi connectivity index (χ2n) is 5.20. The molecule has 3 rings (SSSR count). The van der Waals surface area contributed by atoms with Crippen molar-refractivity contribution in [1.29, 1.82) is 0 Å². The molecule has 0 aliphatic rings. The minimum Gasteiger partial charge on any atom is -0.261 e. The van der Waals surface area contributed by atoms with Gasteiger partial charge in [0.25, 0.3) is 0 Å². The summed E-state index contributed by atoms with van der Waals surface area (Å²) < 4.78 is 42.1. The van der Waals surface area contributed by atoms with Gasteiger partial charge in [0.1, 0.15) is 16.4 Å². The summed E-state index contributed by atoms with van der Waals surface area (Å²) in [5.74, 6) is -0.483. The van der Waals surface area contributed by atoms with Gasteiger partial charge >= 0.3 is 0 Å². The average molecular weight is 346 g/mol. The molecular formula is C16H15FN4O2S. The molecule has 1 N–H and O–H groups in total. The van der Waals surface area contributed by atoms with Gasteiger partial charge in [-0.15, -0.1) is 0 Å². The fourth-order valence-electron chi connectivity index (χ4n) is 2.08. The van der Waals surface area contributed by atoms with Crippen LogP contribution in [-0.2, 0) is 16.6 Å². The number of pyridine rings is 1. The highest BCUT2D eigenvalue weighted by Crippen LogP contribution is 2.15. The topological polar surface area (TPSA) is 76.9 Å². The van der Waals surface area contributed by atoms with E-state index in [2.05, 4.69) is 14.8 Å². The molecular weight excluding hydrogens is 331 g/mol. The van der Waals surface area contributed by atoms with Gasteiger partial charge in [0.2, 0.25) is 10.0 Å². The zero-order chi connectivity index (χ0) is 17.2. The molecule has 3 aromatic rings. The van der Waals surface area contributed by atoms with Crippen LogP contribution >= 0.6 is 0 Å². The van der Waals surface area contributed by atoms with Crippen LogP contribution in [0.25, 0.3) is 5.69 Å². The van der Waals surface area contributed by atoms with Gasteiger partial charge < -0.3 is 0 Å². The molecule has 0 amide bonds. The maximum absolute atomic E-state index is 13.8. The number of benzene rings is 1. The molecule has 124 valence electrons. The van der Waals surface area contributed by atoms with Crippen LogP contribution in [0.15, 0.2) is 59.9 Å². The van der Waals surface area contributed by atoms with E-state index in [9.17, 15) is 12.8 Å². The number of sulfonamides is 1. The van der Waals surface area contributed by atoms with Crippen molar-refractivity contribution in [2.75, 3.05) is 0 Å². The highest BCUT2D eigenvalue weighted by molar-refractivity contribution is 7.89. The molecule has 24 heavy (non-hydrogen) atoms. The number of rotatable bonds is 5. The zero-order valence-corrected chi connectivity index (χ0v) is 13.7. The van der Waals surface area contributed by atoms with Gasteiger partial charge in [-0.1, -0.05) is 18.2 Å². The van der Waals surface area contributed by atoms with Gasteiger partial charge in [0, 0.05) is 18.4 Å². The summed E-state index contributed by atoms with van der Waals surface area (Å²) >= 11 is 0. The number of hydrogen-bond acceptors (Lipinski definition) is 4. The first-order valence-electron chi connectivity index (χ1n) is 7.16. The summed E-state index contributed by atoms with van der Waals surface area (Å²) in [6.07, 6.45) is 4.07. The van der Waals surface area contributed by atoms with Crippen LogP contribution in [0.4, 0.5) is 4.39 Å². The quantitative estimate of drug-likeness (QED) is 0.768. The second-order valence-corrected chi connectivity index (χ2v) is 6.97. The number of para-hydroxylation sites is 1. The summed E-state index contributed by atoms with van der Waals surface area (Å²) in [6.45, 7) is 1.96. The Balaban J connectivity index is 1.78. The average Bonchev–Trinajstić information content (AvgIpc) is 3.05. The third-order valence-corrected chi connectivity index (χ3v) is 4.76. The van der Waals surface area contributed by atoms with Crippen LogP contribution < -0.4 is 4.72 Å². The number of nitrogens with one attached hydrogen (secondary N) is 1. The Hall–Kier alpha value is -2.58. The number of nitrogens with zero attached hydrogens (tertiary/aromatic N) is 3. The third-order valence-electron chi connectivity index (χ3n) is 3.41. The summed E-state index contributed by atoms with van der Waals surface area (Å²) in [7, 11) is -3.75. The Morgan fingerprint density at radius 3 is 2.67 bits per heavy atom. The molecule has 1 aromatic carbocycles. The third kappa shape index (κ3) is 3.50. The maximum Gasteiger partial charge on any atom is 0.244 e. The van der Waals surface area contributed by atoms with Crippen molar-refractivity contribution in [3.05, 3.63) is 72.1 Å². The lowest BCUT2D eigenvalue weighted by Crippen LogP contribution is -2.23. The second kappa shape index (κ2) is 6.50. The van der Waals surface area contributed by atoms with E-state index in [4.69, 9.17) is 0 Å². The summed E-state index contributed by atoms with van der Waals surface area (Å²) in [6, 6.07) is 9.61. The molecule has 0 saturated carbocycles. The van der Waals surface area contributed by atoms with Crippen molar-refractivity contribution in [1.82, 2.24) is 19.5 Å². The summed E-state index contributed by atoms with van der Waals surface area (Å²) in [5.41, 5.74) is 1.78. The minimum absolute atomic E-state index is 0.0363. The fourth-order valence-corrected chi connectivity index (χ4v) is 3.03. The van der Waals surface area contributed by atoms with Gasteiger partial charge in [-0.25, -0.2) is 22.2 Å². The van der Waals surface area contributed by atoms with E-state index in [0.717, 1.165) is 11.3 Å². The Morgan fingerprint density at radius 1 is 1.17 bits per heavy atom.